The Hall–Kier alpha value is -2.44. The quantitative estimate of drug-likeness (QED) is 0.927. The number of fused-ring (bicyclic) bond motifs is 1. The van der Waals surface area contributed by atoms with E-state index in [1.807, 2.05) is 6.92 Å². The fraction of sp³-hybridized carbons (Fsp3) is 0.467. The number of carbonyl (C=O) groups is 2. The van der Waals surface area contributed by atoms with Crippen molar-refractivity contribution in [2.75, 3.05) is 6.54 Å². The Kier molecular flexibility index (Phi) is 3.56. The van der Waals surface area contributed by atoms with Gasteiger partial charge in [-0.25, -0.2) is 14.5 Å². The monoisotopic (exact) mass is 302 g/mol. The van der Waals surface area contributed by atoms with Gasteiger partial charge in [-0.1, -0.05) is 0 Å². The lowest BCUT2D eigenvalue weighted by atomic mass is 10.1. The molecule has 1 unspecified atom stereocenters. The maximum atomic E-state index is 12.7. The van der Waals surface area contributed by atoms with Gasteiger partial charge in [-0.05, 0) is 32.8 Å². The Morgan fingerprint density at radius 3 is 2.91 bits per heavy atom. The van der Waals surface area contributed by atoms with Crippen LogP contribution in [-0.2, 0) is 11.3 Å². The first-order chi connectivity index (χ1) is 10.5. The van der Waals surface area contributed by atoms with Gasteiger partial charge in [0.25, 0.3) is 5.91 Å². The molecule has 0 radical (unpaired) electrons. The van der Waals surface area contributed by atoms with Crippen molar-refractivity contribution in [1.29, 1.82) is 0 Å². The molecule has 0 aromatic carbocycles. The summed E-state index contributed by atoms with van der Waals surface area (Å²) in [6, 6.07) is 1.03. The molecular weight excluding hydrogens is 284 g/mol. The topological polar surface area (TPSA) is 88.3 Å². The number of aliphatic carboxylic acids is 1. The van der Waals surface area contributed by atoms with Crippen molar-refractivity contribution < 1.29 is 14.7 Å². The Bertz CT molecular complexity index is 753. The standard InChI is InChI=1S/C15H18N4O3/c1-3-19-13-10(8-16-19)7-11(9(2)17-13)14(20)18-6-4-5-12(18)15(21)22/h7-8,12H,3-6H2,1-2H3,(H,21,22). The number of carbonyl (C=O) groups excluding carboxylic acids is 1. The van der Waals surface area contributed by atoms with Crippen LogP contribution in [0.25, 0.3) is 11.0 Å². The molecule has 0 saturated carbocycles. The number of carboxylic acids is 1. The Balaban J connectivity index is 2.00. The third-order valence-corrected chi connectivity index (χ3v) is 4.13. The van der Waals surface area contributed by atoms with E-state index in [1.54, 1.807) is 23.9 Å². The number of pyridine rings is 1. The van der Waals surface area contributed by atoms with Crippen molar-refractivity contribution in [3.63, 3.8) is 0 Å². The summed E-state index contributed by atoms with van der Waals surface area (Å²) >= 11 is 0. The van der Waals surface area contributed by atoms with Gasteiger partial charge in [-0.2, -0.15) is 5.10 Å². The van der Waals surface area contributed by atoms with Gasteiger partial charge in [0.2, 0.25) is 0 Å². The zero-order valence-corrected chi connectivity index (χ0v) is 12.6. The summed E-state index contributed by atoms with van der Waals surface area (Å²) in [4.78, 5) is 29.9. The summed E-state index contributed by atoms with van der Waals surface area (Å²) in [6.45, 7) is 4.92. The summed E-state index contributed by atoms with van der Waals surface area (Å²) in [7, 11) is 0. The lowest BCUT2D eigenvalue weighted by Crippen LogP contribution is -2.40. The number of hydrogen-bond donors (Lipinski definition) is 1. The minimum atomic E-state index is -0.948. The first-order valence-corrected chi connectivity index (χ1v) is 7.40. The predicted molar refractivity (Wildman–Crippen MR) is 79.6 cm³/mol. The molecule has 1 amide bonds. The van der Waals surface area contributed by atoms with Crippen molar-refractivity contribution in [3.05, 3.63) is 23.5 Å². The molecule has 1 N–H and O–H groups in total. The summed E-state index contributed by atoms with van der Waals surface area (Å²) in [5.41, 5.74) is 1.80. The zero-order valence-electron chi connectivity index (χ0n) is 12.6. The van der Waals surface area contributed by atoms with Crippen molar-refractivity contribution in [2.45, 2.75) is 39.3 Å². The van der Waals surface area contributed by atoms with Crippen LogP contribution in [0, 0.1) is 6.92 Å². The number of likely N-dealkylation sites (tertiary alicyclic amines) is 1. The van der Waals surface area contributed by atoms with Crippen LogP contribution in [-0.4, -0.2) is 49.2 Å². The van der Waals surface area contributed by atoms with Crippen LogP contribution in [0.15, 0.2) is 12.3 Å². The van der Waals surface area contributed by atoms with E-state index in [9.17, 15) is 14.7 Å². The van der Waals surface area contributed by atoms with E-state index < -0.39 is 12.0 Å². The van der Waals surface area contributed by atoms with Gasteiger partial charge >= 0.3 is 5.97 Å². The molecule has 1 saturated heterocycles. The second kappa shape index (κ2) is 5.40. The molecule has 1 atom stereocenters. The minimum Gasteiger partial charge on any atom is -0.480 e. The summed E-state index contributed by atoms with van der Waals surface area (Å²) in [6.07, 6.45) is 2.90. The summed E-state index contributed by atoms with van der Waals surface area (Å²) in [5, 5.41) is 14.3. The normalized spacial score (nSPS) is 18.1. The van der Waals surface area contributed by atoms with Crippen LogP contribution < -0.4 is 0 Å². The van der Waals surface area contributed by atoms with Gasteiger partial charge in [0.15, 0.2) is 5.65 Å². The van der Waals surface area contributed by atoms with Crippen LogP contribution in [0.1, 0.15) is 35.8 Å². The molecule has 1 fully saturated rings. The lowest BCUT2D eigenvalue weighted by Gasteiger charge is -2.22. The molecule has 0 aliphatic carbocycles. The second-order valence-electron chi connectivity index (χ2n) is 5.49. The highest BCUT2D eigenvalue weighted by Gasteiger charge is 2.35. The van der Waals surface area contributed by atoms with Gasteiger partial charge in [0.05, 0.1) is 17.5 Å². The molecule has 22 heavy (non-hydrogen) atoms. The van der Waals surface area contributed by atoms with Gasteiger partial charge in [0, 0.05) is 18.5 Å². The number of amides is 1. The Morgan fingerprint density at radius 2 is 2.23 bits per heavy atom. The number of hydrogen-bond acceptors (Lipinski definition) is 4. The van der Waals surface area contributed by atoms with E-state index in [0.29, 0.717) is 37.2 Å². The van der Waals surface area contributed by atoms with E-state index in [1.165, 1.54) is 4.90 Å². The number of aromatic nitrogens is 3. The maximum absolute atomic E-state index is 12.7. The van der Waals surface area contributed by atoms with E-state index in [4.69, 9.17) is 0 Å². The highest BCUT2D eigenvalue weighted by Crippen LogP contribution is 2.23. The second-order valence-corrected chi connectivity index (χ2v) is 5.49. The highest BCUT2D eigenvalue weighted by atomic mass is 16.4. The third kappa shape index (κ3) is 2.22. The molecule has 3 rings (SSSR count). The molecule has 116 valence electrons. The molecule has 1 aliphatic rings. The molecular formula is C15H18N4O3. The summed E-state index contributed by atoms with van der Waals surface area (Å²) in [5.74, 6) is -1.21. The van der Waals surface area contributed by atoms with Crippen LogP contribution in [0.5, 0.6) is 0 Å². The predicted octanol–water partition coefficient (Wildman–Crippen LogP) is 1.45. The lowest BCUT2D eigenvalue weighted by molar-refractivity contribution is -0.141. The molecule has 0 spiro atoms. The van der Waals surface area contributed by atoms with Crippen LogP contribution >= 0.6 is 0 Å². The third-order valence-electron chi connectivity index (χ3n) is 4.13. The number of rotatable bonds is 3. The maximum Gasteiger partial charge on any atom is 0.326 e. The van der Waals surface area contributed by atoms with Crippen molar-refractivity contribution in [1.82, 2.24) is 19.7 Å². The number of aryl methyl sites for hydroxylation is 2. The smallest absolute Gasteiger partial charge is 0.326 e. The van der Waals surface area contributed by atoms with Crippen LogP contribution in [0.3, 0.4) is 0 Å². The fourth-order valence-electron chi connectivity index (χ4n) is 2.97. The van der Waals surface area contributed by atoms with E-state index in [0.717, 1.165) is 11.0 Å². The van der Waals surface area contributed by atoms with Gasteiger partial charge in [-0.15, -0.1) is 0 Å². The minimum absolute atomic E-state index is 0.263. The van der Waals surface area contributed by atoms with Gasteiger partial charge in [-0.3, -0.25) is 4.79 Å². The molecule has 2 aromatic rings. The van der Waals surface area contributed by atoms with Crippen LogP contribution in [0.4, 0.5) is 0 Å². The largest absolute Gasteiger partial charge is 0.480 e. The first-order valence-electron chi connectivity index (χ1n) is 7.40. The molecule has 2 aromatic heterocycles. The van der Waals surface area contributed by atoms with Crippen molar-refractivity contribution in [2.24, 2.45) is 0 Å². The Labute approximate surface area is 127 Å². The van der Waals surface area contributed by atoms with E-state index >= 15 is 0 Å². The first kappa shape index (κ1) is 14.5. The average Bonchev–Trinajstić information content (AvgIpc) is 3.12. The molecule has 1 aliphatic heterocycles. The van der Waals surface area contributed by atoms with E-state index in [-0.39, 0.29) is 5.91 Å². The average molecular weight is 302 g/mol. The highest BCUT2D eigenvalue weighted by molar-refractivity contribution is 6.00. The fourth-order valence-corrected chi connectivity index (χ4v) is 2.97. The van der Waals surface area contributed by atoms with Gasteiger partial charge in [0.1, 0.15) is 6.04 Å². The van der Waals surface area contributed by atoms with Crippen molar-refractivity contribution >= 4 is 22.9 Å². The van der Waals surface area contributed by atoms with Crippen LogP contribution in [0.2, 0.25) is 0 Å². The van der Waals surface area contributed by atoms with Gasteiger partial charge < -0.3 is 10.0 Å². The molecule has 7 nitrogen and oxygen atoms in total. The number of nitrogens with zero attached hydrogens (tertiary/aromatic N) is 4. The number of carboxylic acid groups (broad SMARTS) is 1. The van der Waals surface area contributed by atoms with Crippen molar-refractivity contribution in [3.8, 4) is 0 Å². The molecule has 7 heteroatoms. The molecule has 0 bridgehead atoms. The molecule has 3 heterocycles. The van der Waals surface area contributed by atoms with E-state index in [2.05, 4.69) is 10.1 Å². The SMILES string of the molecule is CCn1ncc2cc(C(=O)N3CCCC3C(=O)O)c(C)nc21. The zero-order chi connectivity index (χ0) is 15.9. The summed E-state index contributed by atoms with van der Waals surface area (Å²) < 4.78 is 1.77. The Morgan fingerprint density at radius 1 is 1.45 bits per heavy atom.